The normalized spacial score (nSPS) is 22.6. The average Bonchev–Trinajstić information content (AvgIpc) is 3.17. The number of likely N-dealkylation sites (tertiary alicyclic amines) is 1. The second kappa shape index (κ2) is 6.84. The highest BCUT2D eigenvalue weighted by Gasteiger charge is 2.35. The number of amides is 1. The van der Waals surface area contributed by atoms with Gasteiger partial charge < -0.3 is 4.90 Å². The molecule has 5 rings (SSSR count). The molecule has 1 amide bonds. The van der Waals surface area contributed by atoms with Gasteiger partial charge in [0.2, 0.25) is 0 Å². The van der Waals surface area contributed by atoms with Crippen LogP contribution < -0.4 is 0 Å². The van der Waals surface area contributed by atoms with E-state index in [1.807, 2.05) is 48.8 Å². The zero-order chi connectivity index (χ0) is 18.2. The number of rotatable bonds is 2. The molecule has 2 aliphatic rings. The van der Waals surface area contributed by atoms with Crippen molar-refractivity contribution < 1.29 is 4.79 Å². The molecule has 2 aromatic carbocycles. The molecule has 0 spiro atoms. The summed E-state index contributed by atoms with van der Waals surface area (Å²) in [6.07, 6.45) is 9.34. The van der Waals surface area contributed by atoms with Gasteiger partial charge >= 0.3 is 0 Å². The third-order valence-corrected chi connectivity index (χ3v) is 6.35. The Balaban J connectivity index is 1.40. The molecule has 138 valence electrons. The number of imidazole rings is 1. The third kappa shape index (κ3) is 2.93. The van der Waals surface area contributed by atoms with Crippen LogP contribution >= 0.6 is 0 Å². The quantitative estimate of drug-likeness (QED) is 0.658. The van der Waals surface area contributed by atoms with Crippen molar-refractivity contribution in [1.82, 2.24) is 14.5 Å². The Morgan fingerprint density at radius 3 is 2.59 bits per heavy atom. The fraction of sp³-hybridized carbons (Fsp3) is 0.391. The summed E-state index contributed by atoms with van der Waals surface area (Å²) in [5.41, 5.74) is 3.90. The molecule has 1 saturated heterocycles. The molecule has 1 aromatic heterocycles. The summed E-state index contributed by atoms with van der Waals surface area (Å²) in [4.78, 5) is 19.8. The number of benzene rings is 2. The minimum Gasteiger partial charge on any atom is -0.335 e. The predicted molar refractivity (Wildman–Crippen MR) is 107 cm³/mol. The van der Waals surface area contributed by atoms with Crippen molar-refractivity contribution in [3.05, 3.63) is 60.4 Å². The van der Waals surface area contributed by atoms with E-state index in [1.54, 1.807) is 0 Å². The van der Waals surface area contributed by atoms with Crippen LogP contribution in [0.3, 0.4) is 0 Å². The Morgan fingerprint density at radius 1 is 0.926 bits per heavy atom. The number of carbonyl (C=O) groups is 1. The fourth-order valence-electron chi connectivity index (χ4n) is 4.97. The molecule has 1 saturated carbocycles. The molecule has 27 heavy (non-hydrogen) atoms. The van der Waals surface area contributed by atoms with Gasteiger partial charge in [-0.1, -0.05) is 25.0 Å². The summed E-state index contributed by atoms with van der Waals surface area (Å²) in [5, 5.41) is 0. The van der Waals surface area contributed by atoms with Crippen molar-refractivity contribution in [3.63, 3.8) is 0 Å². The minimum absolute atomic E-state index is 0.202. The highest BCUT2D eigenvalue weighted by Crippen LogP contribution is 2.36. The Labute approximate surface area is 159 Å². The Bertz CT molecular complexity index is 957. The van der Waals surface area contributed by atoms with Crippen molar-refractivity contribution in [3.8, 4) is 5.69 Å². The standard InChI is InChI=1S/C23H25N3O/c27-23(25-15-5-7-17-6-1-3-9-21(17)25)18-11-13-19(14-12-18)26-16-24-20-8-2-4-10-22(20)26/h2,4,8,10-14,16-17,21H,1,3,5-7,9,15H2. The lowest BCUT2D eigenvalue weighted by Crippen LogP contribution is -2.49. The Kier molecular flexibility index (Phi) is 4.19. The maximum Gasteiger partial charge on any atom is 0.254 e. The van der Waals surface area contributed by atoms with Crippen molar-refractivity contribution >= 4 is 16.9 Å². The van der Waals surface area contributed by atoms with Gasteiger partial charge in [0.1, 0.15) is 6.33 Å². The zero-order valence-corrected chi connectivity index (χ0v) is 15.6. The van der Waals surface area contributed by atoms with Gasteiger partial charge in [0.15, 0.2) is 0 Å². The number of fused-ring (bicyclic) bond motifs is 2. The van der Waals surface area contributed by atoms with E-state index in [9.17, 15) is 4.79 Å². The molecule has 2 heterocycles. The van der Waals surface area contributed by atoms with E-state index in [1.165, 1.54) is 32.1 Å². The summed E-state index contributed by atoms with van der Waals surface area (Å²) >= 11 is 0. The number of piperidine rings is 1. The summed E-state index contributed by atoms with van der Waals surface area (Å²) in [6, 6.07) is 16.6. The minimum atomic E-state index is 0.202. The number of para-hydroxylation sites is 2. The van der Waals surface area contributed by atoms with E-state index in [0.717, 1.165) is 35.2 Å². The molecule has 4 nitrogen and oxygen atoms in total. The van der Waals surface area contributed by atoms with Crippen LogP contribution in [0.4, 0.5) is 0 Å². The summed E-state index contributed by atoms with van der Waals surface area (Å²) in [6.45, 7) is 0.911. The molecular formula is C23H25N3O. The first-order chi connectivity index (χ1) is 13.3. The Hall–Kier alpha value is -2.62. The van der Waals surface area contributed by atoms with E-state index in [0.29, 0.717) is 12.0 Å². The van der Waals surface area contributed by atoms with Crippen molar-refractivity contribution in [2.75, 3.05) is 6.54 Å². The zero-order valence-electron chi connectivity index (χ0n) is 15.6. The lowest BCUT2D eigenvalue weighted by molar-refractivity contribution is 0.0390. The smallest absolute Gasteiger partial charge is 0.254 e. The number of carbonyl (C=O) groups excluding carboxylic acids is 1. The number of hydrogen-bond donors (Lipinski definition) is 0. The van der Waals surface area contributed by atoms with Gasteiger partial charge in [0.05, 0.1) is 11.0 Å². The second-order valence-electron chi connectivity index (χ2n) is 7.90. The Morgan fingerprint density at radius 2 is 1.70 bits per heavy atom. The molecule has 2 atom stereocenters. The van der Waals surface area contributed by atoms with Gasteiger partial charge in [0.25, 0.3) is 5.91 Å². The molecule has 2 fully saturated rings. The van der Waals surface area contributed by atoms with Crippen LogP contribution in [-0.2, 0) is 0 Å². The molecule has 0 N–H and O–H groups in total. The molecule has 3 aromatic rings. The summed E-state index contributed by atoms with van der Waals surface area (Å²) in [7, 11) is 0. The first-order valence-corrected chi connectivity index (χ1v) is 10.1. The maximum atomic E-state index is 13.2. The van der Waals surface area contributed by atoms with Crippen LogP contribution in [0.1, 0.15) is 48.9 Å². The molecular weight excluding hydrogens is 334 g/mol. The van der Waals surface area contributed by atoms with Crippen molar-refractivity contribution in [2.45, 2.75) is 44.6 Å². The van der Waals surface area contributed by atoms with Gasteiger partial charge in [-0.15, -0.1) is 0 Å². The van der Waals surface area contributed by atoms with Crippen LogP contribution in [0.25, 0.3) is 16.7 Å². The van der Waals surface area contributed by atoms with Gasteiger partial charge in [-0.25, -0.2) is 4.98 Å². The second-order valence-corrected chi connectivity index (χ2v) is 7.90. The lowest BCUT2D eigenvalue weighted by atomic mass is 9.78. The first kappa shape index (κ1) is 16.5. The number of aromatic nitrogens is 2. The predicted octanol–water partition coefficient (Wildman–Crippen LogP) is 4.82. The SMILES string of the molecule is O=C(c1ccc(-n2cnc3ccccc32)cc1)N1CCCC2CCCCC21. The van der Waals surface area contributed by atoms with E-state index in [2.05, 4.69) is 20.5 Å². The largest absolute Gasteiger partial charge is 0.335 e. The number of nitrogens with zero attached hydrogens (tertiary/aromatic N) is 3. The van der Waals surface area contributed by atoms with E-state index in [4.69, 9.17) is 0 Å². The van der Waals surface area contributed by atoms with Gasteiger partial charge in [-0.3, -0.25) is 9.36 Å². The summed E-state index contributed by atoms with van der Waals surface area (Å²) in [5.74, 6) is 0.918. The van der Waals surface area contributed by atoms with Crippen LogP contribution in [0.15, 0.2) is 54.9 Å². The van der Waals surface area contributed by atoms with Crippen LogP contribution in [0, 0.1) is 5.92 Å². The maximum absolute atomic E-state index is 13.2. The highest BCUT2D eigenvalue weighted by molar-refractivity contribution is 5.94. The van der Waals surface area contributed by atoms with E-state index >= 15 is 0 Å². The van der Waals surface area contributed by atoms with Crippen LogP contribution in [-0.4, -0.2) is 32.9 Å². The fourth-order valence-corrected chi connectivity index (χ4v) is 4.97. The third-order valence-electron chi connectivity index (χ3n) is 6.35. The summed E-state index contributed by atoms with van der Waals surface area (Å²) < 4.78 is 2.07. The van der Waals surface area contributed by atoms with Crippen molar-refractivity contribution in [1.29, 1.82) is 0 Å². The van der Waals surface area contributed by atoms with E-state index in [-0.39, 0.29) is 5.91 Å². The first-order valence-electron chi connectivity index (χ1n) is 10.1. The molecule has 4 heteroatoms. The van der Waals surface area contributed by atoms with E-state index < -0.39 is 0 Å². The monoisotopic (exact) mass is 359 g/mol. The topological polar surface area (TPSA) is 38.1 Å². The highest BCUT2D eigenvalue weighted by atomic mass is 16.2. The molecule has 2 unspecified atom stereocenters. The van der Waals surface area contributed by atoms with Crippen LogP contribution in [0.2, 0.25) is 0 Å². The van der Waals surface area contributed by atoms with Crippen LogP contribution in [0.5, 0.6) is 0 Å². The molecule has 1 aliphatic carbocycles. The van der Waals surface area contributed by atoms with Crippen molar-refractivity contribution in [2.24, 2.45) is 5.92 Å². The number of hydrogen-bond acceptors (Lipinski definition) is 2. The van der Waals surface area contributed by atoms with Gasteiger partial charge in [-0.05, 0) is 68.0 Å². The molecule has 0 radical (unpaired) electrons. The van der Waals surface area contributed by atoms with Gasteiger partial charge in [-0.2, -0.15) is 0 Å². The lowest BCUT2D eigenvalue weighted by Gasteiger charge is -2.44. The molecule has 1 aliphatic heterocycles. The average molecular weight is 359 g/mol. The molecule has 0 bridgehead atoms. The van der Waals surface area contributed by atoms with Gasteiger partial charge in [0, 0.05) is 23.8 Å².